The lowest BCUT2D eigenvalue weighted by atomic mass is 10.2. The molecule has 8 nitrogen and oxygen atoms in total. The van der Waals surface area contributed by atoms with Crippen molar-refractivity contribution in [2.45, 2.75) is 33.1 Å². The Morgan fingerprint density at radius 2 is 1.46 bits per heavy atom. The second kappa shape index (κ2) is 14.3. The molecule has 8 heteroatoms. The first-order valence-electron chi connectivity index (χ1n) is 12.2. The highest BCUT2D eigenvalue weighted by Gasteiger charge is 2.13. The summed E-state index contributed by atoms with van der Waals surface area (Å²) in [5.74, 6) is 1.17. The summed E-state index contributed by atoms with van der Waals surface area (Å²) >= 11 is 0. The number of carbonyl (C=O) groups excluding carboxylic acids is 2. The lowest BCUT2D eigenvalue weighted by Crippen LogP contribution is -2.17. The van der Waals surface area contributed by atoms with E-state index < -0.39 is 5.97 Å². The van der Waals surface area contributed by atoms with E-state index in [1.165, 1.54) is 13.3 Å². The minimum Gasteiger partial charge on any atom is -0.494 e. The Bertz CT molecular complexity index is 1190. The van der Waals surface area contributed by atoms with E-state index in [1.807, 2.05) is 6.92 Å². The Hall–Kier alpha value is -4.33. The van der Waals surface area contributed by atoms with Gasteiger partial charge < -0.3 is 18.9 Å². The van der Waals surface area contributed by atoms with E-state index in [9.17, 15) is 9.59 Å². The van der Waals surface area contributed by atoms with Gasteiger partial charge in [-0.2, -0.15) is 5.10 Å². The van der Waals surface area contributed by atoms with Crippen LogP contribution in [-0.2, 0) is 0 Å². The van der Waals surface area contributed by atoms with Crippen LogP contribution in [0.5, 0.6) is 23.0 Å². The molecular formula is C29H32N2O6. The summed E-state index contributed by atoms with van der Waals surface area (Å²) in [6.45, 7) is 5.39. The summed E-state index contributed by atoms with van der Waals surface area (Å²) in [6, 6.07) is 18.6. The van der Waals surface area contributed by atoms with E-state index in [2.05, 4.69) is 17.5 Å². The highest BCUT2D eigenvalue weighted by atomic mass is 16.6. The Morgan fingerprint density at radius 1 is 0.811 bits per heavy atom. The average Bonchev–Trinajstić information content (AvgIpc) is 2.93. The van der Waals surface area contributed by atoms with E-state index in [1.54, 1.807) is 66.7 Å². The third-order valence-electron chi connectivity index (χ3n) is 5.22. The molecule has 37 heavy (non-hydrogen) atoms. The topological polar surface area (TPSA) is 95.5 Å². The van der Waals surface area contributed by atoms with E-state index in [-0.39, 0.29) is 11.7 Å². The number of carbonyl (C=O) groups is 2. The van der Waals surface area contributed by atoms with Crippen LogP contribution in [0.15, 0.2) is 71.8 Å². The van der Waals surface area contributed by atoms with Crippen LogP contribution in [0.2, 0.25) is 0 Å². The van der Waals surface area contributed by atoms with Gasteiger partial charge in [-0.15, -0.1) is 0 Å². The molecule has 0 spiro atoms. The summed E-state index contributed by atoms with van der Waals surface area (Å²) in [5, 5.41) is 4.01. The molecule has 0 aliphatic carbocycles. The summed E-state index contributed by atoms with van der Waals surface area (Å²) in [6.07, 6.45) is 4.41. The number of esters is 1. The lowest BCUT2D eigenvalue weighted by Gasteiger charge is -2.10. The Kier molecular flexibility index (Phi) is 10.5. The quantitative estimate of drug-likeness (QED) is 0.106. The second-order valence-corrected chi connectivity index (χ2v) is 8.10. The van der Waals surface area contributed by atoms with Gasteiger partial charge in [0.2, 0.25) is 0 Å². The molecule has 3 aromatic rings. The standard InChI is InChI=1S/C29H32N2O6/c1-4-6-18-36-25-14-10-23(11-15-25)29(33)37-26-16-7-21(19-27(26)34-3)20-30-31-28(32)22-8-12-24(13-9-22)35-17-5-2/h7-16,19-20H,4-6,17-18H2,1-3H3,(H,31,32)/b30-20-. The summed E-state index contributed by atoms with van der Waals surface area (Å²) < 4.78 is 22.0. The van der Waals surface area contributed by atoms with Crippen molar-refractivity contribution >= 4 is 18.1 Å². The first-order valence-corrected chi connectivity index (χ1v) is 12.2. The van der Waals surface area contributed by atoms with Gasteiger partial charge in [0.15, 0.2) is 11.5 Å². The van der Waals surface area contributed by atoms with Crippen molar-refractivity contribution in [1.29, 1.82) is 0 Å². The zero-order chi connectivity index (χ0) is 26.5. The first-order chi connectivity index (χ1) is 18.0. The Labute approximate surface area is 217 Å². The largest absolute Gasteiger partial charge is 0.494 e. The van der Waals surface area contributed by atoms with Crippen molar-refractivity contribution in [2.75, 3.05) is 20.3 Å². The van der Waals surface area contributed by atoms with Gasteiger partial charge >= 0.3 is 5.97 Å². The Balaban J connectivity index is 1.57. The molecule has 3 aromatic carbocycles. The van der Waals surface area contributed by atoms with Crippen LogP contribution in [0.1, 0.15) is 59.4 Å². The molecule has 0 aliphatic heterocycles. The molecule has 0 saturated carbocycles. The van der Waals surface area contributed by atoms with Crippen LogP contribution in [-0.4, -0.2) is 38.4 Å². The molecule has 1 N–H and O–H groups in total. The van der Waals surface area contributed by atoms with Gasteiger partial charge in [0, 0.05) is 5.56 Å². The molecule has 0 saturated heterocycles. The minimum atomic E-state index is -0.516. The monoisotopic (exact) mass is 504 g/mol. The predicted octanol–water partition coefficient (Wildman–Crippen LogP) is 5.65. The van der Waals surface area contributed by atoms with Crippen molar-refractivity contribution in [3.05, 3.63) is 83.4 Å². The first kappa shape index (κ1) is 27.3. The van der Waals surface area contributed by atoms with Gasteiger partial charge in [-0.1, -0.05) is 20.3 Å². The van der Waals surface area contributed by atoms with Crippen LogP contribution >= 0.6 is 0 Å². The van der Waals surface area contributed by atoms with Crippen LogP contribution in [0.3, 0.4) is 0 Å². The van der Waals surface area contributed by atoms with E-state index in [4.69, 9.17) is 18.9 Å². The second-order valence-electron chi connectivity index (χ2n) is 8.10. The summed E-state index contributed by atoms with van der Waals surface area (Å²) in [4.78, 5) is 24.9. The minimum absolute atomic E-state index is 0.266. The number of amides is 1. The van der Waals surface area contributed by atoms with Gasteiger partial charge in [0.1, 0.15) is 11.5 Å². The molecule has 0 aliphatic rings. The van der Waals surface area contributed by atoms with Crippen molar-refractivity contribution in [1.82, 2.24) is 5.43 Å². The number of benzene rings is 3. The fourth-order valence-electron chi connectivity index (χ4n) is 3.18. The molecule has 1 amide bonds. The molecule has 0 heterocycles. The molecule has 0 fully saturated rings. The number of nitrogens with zero attached hydrogens (tertiary/aromatic N) is 1. The molecule has 0 atom stereocenters. The molecule has 194 valence electrons. The van der Waals surface area contributed by atoms with Gasteiger partial charge in [-0.25, -0.2) is 10.2 Å². The maximum atomic E-state index is 12.6. The highest BCUT2D eigenvalue weighted by Crippen LogP contribution is 2.28. The third-order valence-corrected chi connectivity index (χ3v) is 5.22. The van der Waals surface area contributed by atoms with Crippen molar-refractivity contribution in [3.8, 4) is 23.0 Å². The molecule has 0 unspecified atom stereocenters. The van der Waals surface area contributed by atoms with Crippen LogP contribution in [0.4, 0.5) is 0 Å². The molecular weight excluding hydrogens is 472 g/mol. The van der Waals surface area contributed by atoms with E-state index in [0.29, 0.717) is 47.2 Å². The van der Waals surface area contributed by atoms with Crippen molar-refractivity contribution < 1.29 is 28.5 Å². The Morgan fingerprint density at radius 3 is 2.08 bits per heavy atom. The summed E-state index contributed by atoms with van der Waals surface area (Å²) in [5.41, 5.74) is 3.99. The van der Waals surface area contributed by atoms with Crippen LogP contribution in [0, 0.1) is 0 Å². The van der Waals surface area contributed by atoms with Crippen molar-refractivity contribution in [2.24, 2.45) is 5.10 Å². The zero-order valence-electron chi connectivity index (χ0n) is 21.4. The number of hydrazone groups is 1. The predicted molar refractivity (Wildman–Crippen MR) is 142 cm³/mol. The number of rotatable bonds is 13. The smallest absolute Gasteiger partial charge is 0.343 e. The molecule has 0 radical (unpaired) electrons. The normalized spacial score (nSPS) is 10.7. The number of hydrogen-bond donors (Lipinski definition) is 1. The van der Waals surface area contributed by atoms with Crippen LogP contribution in [0.25, 0.3) is 0 Å². The average molecular weight is 505 g/mol. The maximum absolute atomic E-state index is 12.6. The third kappa shape index (κ3) is 8.38. The van der Waals surface area contributed by atoms with Gasteiger partial charge in [0.05, 0.1) is 32.1 Å². The van der Waals surface area contributed by atoms with E-state index >= 15 is 0 Å². The number of ether oxygens (including phenoxy) is 4. The van der Waals surface area contributed by atoms with Gasteiger partial charge in [0.25, 0.3) is 5.91 Å². The van der Waals surface area contributed by atoms with E-state index in [0.717, 1.165) is 19.3 Å². The molecule has 3 rings (SSSR count). The van der Waals surface area contributed by atoms with Crippen LogP contribution < -0.4 is 24.4 Å². The lowest BCUT2D eigenvalue weighted by molar-refractivity contribution is 0.0729. The highest BCUT2D eigenvalue weighted by molar-refractivity contribution is 5.95. The van der Waals surface area contributed by atoms with Crippen molar-refractivity contribution in [3.63, 3.8) is 0 Å². The fraction of sp³-hybridized carbons (Fsp3) is 0.276. The zero-order valence-corrected chi connectivity index (χ0v) is 21.4. The SMILES string of the molecule is CCCCOc1ccc(C(=O)Oc2ccc(/C=N\NC(=O)c3ccc(OCCC)cc3)cc2OC)cc1. The fourth-order valence-corrected chi connectivity index (χ4v) is 3.18. The maximum Gasteiger partial charge on any atom is 0.343 e. The van der Waals surface area contributed by atoms with Gasteiger partial charge in [-0.05, 0) is 85.1 Å². The molecule has 0 aromatic heterocycles. The number of unbranched alkanes of at least 4 members (excludes halogenated alkanes) is 1. The number of methoxy groups -OCH3 is 1. The summed E-state index contributed by atoms with van der Waals surface area (Å²) in [7, 11) is 1.48. The van der Waals surface area contributed by atoms with Gasteiger partial charge in [-0.3, -0.25) is 4.79 Å². The number of nitrogens with one attached hydrogen (secondary N) is 1. The molecule has 0 bridgehead atoms. The number of hydrogen-bond acceptors (Lipinski definition) is 7.